The number of carbonyl (C=O) groups is 1. The van der Waals surface area contributed by atoms with Gasteiger partial charge in [-0.1, -0.05) is 6.07 Å². The maximum Gasteiger partial charge on any atom is 0.409 e. The highest BCUT2D eigenvalue weighted by molar-refractivity contribution is 5.67. The van der Waals surface area contributed by atoms with Gasteiger partial charge in [0, 0.05) is 56.1 Å². The zero-order valence-corrected chi connectivity index (χ0v) is 16.1. The van der Waals surface area contributed by atoms with Gasteiger partial charge in [0.2, 0.25) is 0 Å². The number of pyridine rings is 1. The molecule has 0 saturated carbocycles. The van der Waals surface area contributed by atoms with Crippen molar-refractivity contribution >= 4 is 6.09 Å². The number of hydrogen-bond acceptors (Lipinski definition) is 5. The number of aromatic hydroxyl groups is 1. The van der Waals surface area contributed by atoms with Gasteiger partial charge in [-0.05, 0) is 19.1 Å². The lowest BCUT2D eigenvalue weighted by molar-refractivity contribution is 0.0776. The van der Waals surface area contributed by atoms with Crippen LogP contribution in [-0.2, 0) is 17.8 Å². The molecule has 1 saturated heterocycles. The Labute approximate surface area is 166 Å². The summed E-state index contributed by atoms with van der Waals surface area (Å²) in [5, 5.41) is 10.3. The van der Waals surface area contributed by atoms with Crippen molar-refractivity contribution in [3.05, 3.63) is 63.6 Å². The molecule has 1 aliphatic heterocycles. The lowest BCUT2D eigenvalue weighted by Gasteiger charge is -2.34. The number of nitrogens with zero attached hydrogens (tertiary/aromatic N) is 3. The zero-order chi connectivity index (χ0) is 21.0. The van der Waals surface area contributed by atoms with E-state index in [2.05, 4.69) is 0 Å². The van der Waals surface area contributed by atoms with E-state index in [4.69, 9.17) is 4.74 Å². The molecule has 1 aliphatic rings. The molecule has 1 N–H and O–H groups in total. The summed E-state index contributed by atoms with van der Waals surface area (Å²) in [7, 11) is 0. The fourth-order valence-corrected chi connectivity index (χ4v) is 3.23. The number of hydrogen-bond donors (Lipinski definition) is 1. The van der Waals surface area contributed by atoms with Crippen LogP contribution in [0.3, 0.4) is 0 Å². The van der Waals surface area contributed by atoms with Gasteiger partial charge in [0.25, 0.3) is 5.56 Å². The fraction of sp³-hybridized carbons (Fsp3) is 0.400. The van der Waals surface area contributed by atoms with E-state index < -0.39 is 22.9 Å². The summed E-state index contributed by atoms with van der Waals surface area (Å²) < 4.78 is 33.0. The number of amides is 1. The molecule has 1 aromatic heterocycles. The SMILES string of the molecule is CCOC(=O)N1CCN(Cc2ccn(Cc3ccc(F)cc3F)c(=O)c2O)CC1. The first-order valence-corrected chi connectivity index (χ1v) is 9.38. The van der Waals surface area contributed by atoms with Crippen molar-refractivity contribution in [2.24, 2.45) is 0 Å². The summed E-state index contributed by atoms with van der Waals surface area (Å²) in [5.74, 6) is -1.84. The largest absolute Gasteiger partial charge is 0.503 e. The molecule has 1 aromatic carbocycles. The molecule has 7 nitrogen and oxygen atoms in total. The summed E-state index contributed by atoms with van der Waals surface area (Å²) in [6, 6.07) is 4.75. The number of benzene rings is 1. The van der Waals surface area contributed by atoms with Crippen molar-refractivity contribution < 1.29 is 23.4 Å². The van der Waals surface area contributed by atoms with Crippen LogP contribution in [-0.4, -0.2) is 58.4 Å². The Hall–Kier alpha value is -2.94. The molecule has 1 fully saturated rings. The van der Waals surface area contributed by atoms with Crippen LogP contribution in [0.2, 0.25) is 0 Å². The van der Waals surface area contributed by atoms with Gasteiger partial charge < -0.3 is 19.3 Å². The van der Waals surface area contributed by atoms with Gasteiger partial charge in [-0.25, -0.2) is 13.6 Å². The van der Waals surface area contributed by atoms with Gasteiger partial charge in [-0.15, -0.1) is 0 Å². The Kier molecular flexibility index (Phi) is 6.48. The van der Waals surface area contributed by atoms with Crippen LogP contribution < -0.4 is 5.56 Å². The van der Waals surface area contributed by atoms with E-state index in [9.17, 15) is 23.5 Å². The molecule has 0 atom stereocenters. The third-order valence-electron chi connectivity index (χ3n) is 4.87. The second kappa shape index (κ2) is 9.04. The lowest BCUT2D eigenvalue weighted by Crippen LogP contribution is -2.48. The maximum atomic E-state index is 13.8. The second-order valence-electron chi connectivity index (χ2n) is 6.82. The minimum atomic E-state index is -0.750. The van der Waals surface area contributed by atoms with Crippen molar-refractivity contribution in [2.45, 2.75) is 20.0 Å². The Balaban J connectivity index is 1.66. The topological polar surface area (TPSA) is 75.0 Å². The molecule has 29 heavy (non-hydrogen) atoms. The average Bonchev–Trinajstić information content (AvgIpc) is 2.70. The molecule has 9 heteroatoms. The molecular formula is C20H23F2N3O4. The quantitative estimate of drug-likeness (QED) is 0.822. The predicted octanol–water partition coefficient (Wildman–Crippen LogP) is 2.15. The molecule has 0 aliphatic carbocycles. The first-order valence-electron chi connectivity index (χ1n) is 9.38. The van der Waals surface area contributed by atoms with E-state index in [1.165, 1.54) is 16.8 Å². The summed E-state index contributed by atoms with van der Waals surface area (Å²) in [4.78, 5) is 27.8. The standard InChI is InChI=1S/C20H23F2N3O4/c1-2-29-20(28)24-9-7-23(8-10-24)12-15-5-6-25(19(27)18(15)26)13-14-3-4-16(21)11-17(14)22/h3-6,11,26H,2,7-10,12-13H2,1H3. The maximum absolute atomic E-state index is 13.8. The summed E-state index contributed by atoms with van der Waals surface area (Å²) in [5.41, 5.74) is -0.0393. The number of rotatable bonds is 5. The van der Waals surface area contributed by atoms with E-state index in [-0.39, 0.29) is 18.2 Å². The Morgan fingerprint density at radius 3 is 2.48 bits per heavy atom. The summed E-state index contributed by atoms with van der Waals surface area (Å²) in [6.45, 7) is 4.49. The van der Waals surface area contributed by atoms with E-state index in [0.717, 1.165) is 12.1 Å². The van der Waals surface area contributed by atoms with Crippen LogP contribution in [0.4, 0.5) is 13.6 Å². The molecule has 0 spiro atoms. The van der Waals surface area contributed by atoms with Crippen molar-refractivity contribution in [2.75, 3.05) is 32.8 Å². The molecule has 2 heterocycles. The summed E-state index contributed by atoms with van der Waals surface area (Å²) >= 11 is 0. The summed E-state index contributed by atoms with van der Waals surface area (Å²) in [6.07, 6.45) is 1.14. The monoisotopic (exact) mass is 407 g/mol. The van der Waals surface area contributed by atoms with Gasteiger partial charge >= 0.3 is 6.09 Å². The highest BCUT2D eigenvalue weighted by atomic mass is 19.1. The third-order valence-corrected chi connectivity index (χ3v) is 4.87. The van der Waals surface area contributed by atoms with Crippen molar-refractivity contribution in [1.29, 1.82) is 0 Å². The van der Waals surface area contributed by atoms with Gasteiger partial charge in [0.1, 0.15) is 11.6 Å². The first kappa shape index (κ1) is 20.8. The zero-order valence-electron chi connectivity index (χ0n) is 16.1. The molecule has 1 amide bonds. The van der Waals surface area contributed by atoms with Crippen LogP contribution in [0, 0.1) is 11.6 Å². The molecule has 3 rings (SSSR count). The first-order chi connectivity index (χ1) is 13.9. The molecule has 0 unspecified atom stereocenters. The predicted molar refractivity (Wildman–Crippen MR) is 102 cm³/mol. The van der Waals surface area contributed by atoms with Gasteiger partial charge in [0.05, 0.1) is 13.2 Å². The number of aromatic nitrogens is 1. The van der Waals surface area contributed by atoms with Gasteiger partial charge in [-0.2, -0.15) is 0 Å². The minimum Gasteiger partial charge on any atom is -0.503 e. The van der Waals surface area contributed by atoms with Crippen molar-refractivity contribution in [3.63, 3.8) is 0 Å². The lowest BCUT2D eigenvalue weighted by atomic mass is 10.1. The minimum absolute atomic E-state index is 0.114. The van der Waals surface area contributed by atoms with E-state index >= 15 is 0 Å². The van der Waals surface area contributed by atoms with Gasteiger partial charge in [-0.3, -0.25) is 9.69 Å². The van der Waals surface area contributed by atoms with Crippen LogP contribution in [0.15, 0.2) is 35.3 Å². The molecule has 156 valence electrons. The Morgan fingerprint density at radius 2 is 1.83 bits per heavy atom. The third kappa shape index (κ3) is 4.92. The normalized spacial score (nSPS) is 14.8. The van der Waals surface area contributed by atoms with E-state index in [1.54, 1.807) is 17.9 Å². The van der Waals surface area contributed by atoms with Crippen molar-refractivity contribution in [3.8, 4) is 5.75 Å². The second-order valence-corrected chi connectivity index (χ2v) is 6.82. The van der Waals surface area contributed by atoms with Crippen LogP contribution >= 0.6 is 0 Å². The Morgan fingerprint density at radius 1 is 1.10 bits per heavy atom. The van der Waals surface area contributed by atoms with Crippen LogP contribution in [0.25, 0.3) is 0 Å². The number of halogens is 2. The van der Waals surface area contributed by atoms with Crippen LogP contribution in [0.1, 0.15) is 18.1 Å². The van der Waals surface area contributed by atoms with Crippen LogP contribution in [0.5, 0.6) is 5.75 Å². The highest BCUT2D eigenvalue weighted by Crippen LogP contribution is 2.17. The molecule has 0 bridgehead atoms. The molecule has 0 radical (unpaired) electrons. The Bertz CT molecular complexity index is 940. The van der Waals surface area contributed by atoms with Crippen molar-refractivity contribution in [1.82, 2.24) is 14.4 Å². The number of carbonyl (C=O) groups excluding carboxylic acids is 1. The average molecular weight is 407 g/mol. The number of ether oxygens (including phenoxy) is 1. The smallest absolute Gasteiger partial charge is 0.409 e. The molecule has 2 aromatic rings. The van der Waals surface area contributed by atoms with E-state index in [0.29, 0.717) is 44.9 Å². The van der Waals surface area contributed by atoms with E-state index in [1.807, 2.05) is 4.90 Å². The van der Waals surface area contributed by atoms with Gasteiger partial charge in [0.15, 0.2) is 5.75 Å². The number of piperazine rings is 1. The molecular weight excluding hydrogens is 384 g/mol. The fourth-order valence-electron chi connectivity index (χ4n) is 3.23. The highest BCUT2D eigenvalue weighted by Gasteiger charge is 2.23.